The van der Waals surface area contributed by atoms with E-state index in [0.717, 1.165) is 223 Å². The van der Waals surface area contributed by atoms with Crippen molar-refractivity contribution >= 4 is 11.7 Å². The Hall–Kier alpha value is -1.74. The highest BCUT2D eigenvalue weighted by Crippen LogP contribution is 2.29. The van der Waals surface area contributed by atoms with Gasteiger partial charge in [-0.25, -0.2) is 0 Å². The monoisotopic (exact) mass is 2010 g/mol. The molecule has 16 heterocycles. The van der Waals surface area contributed by atoms with Crippen molar-refractivity contribution < 1.29 is 34.8 Å². The molecule has 16 rings (SSSR count). The van der Waals surface area contributed by atoms with Gasteiger partial charge in [0.15, 0.2) is 0 Å². The van der Waals surface area contributed by atoms with Crippen LogP contribution in [0.15, 0.2) is 0 Å². The number of carbonyl (C=O) groups excluding carboxylic acids is 2. The number of nitrogens with zero attached hydrogens (tertiary/aromatic N) is 18. The van der Waals surface area contributed by atoms with Gasteiger partial charge in [0.25, 0.3) is 5.91 Å². The highest BCUT2D eigenvalue weighted by molar-refractivity contribution is 5.84. The van der Waals surface area contributed by atoms with E-state index < -0.39 is 11.2 Å². The van der Waals surface area contributed by atoms with Gasteiger partial charge in [0.05, 0.1) is 31.0 Å². The summed E-state index contributed by atoms with van der Waals surface area (Å²) in [6, 6.07) is 12.7. The Morgan fingerprint density at radius 3 is 0.789 bits per heavy atom. The number of hydrogen-bond donors (Lipinski definition) is 4. The van der Waals surface area contributed by atoms with Crippen molar-refractivity contribution in [2.24, 2.45) is 0 Å². The fourth-order valence-corrected chi connectivity index (χ4v) is 23.2. The Morgan fingerprint density at radius 2 is 0.528 bits per heavy atom. The zero-order valence-electron chi connectivity index (χ0n) is 99.0. The number of aliphatic hydroxyl groups is 4. The Labute approximate surface area is 878 Å². The highest BCUT2D eigenvalue weighted by atomic mass is 16.5. The highest BCUT2D eigenvalue weighted by Gasteiger charge is 2.37. The molecule has 16 aliphatic rings. The fraction of sp³-hybridized carbons (Fsp3) is 0.983. The molecule has 0 aromatic carbocycles. The van der Waals surface area contributed by atoms with Gasteiger partial charge < -0.3 is 104 Å². The third-order valence-electron chi connectivity index (χ3n) is 34.5. The van der Waals surface area contributed by atoms with Crippen molar-refractivity contribution in [2.45, 2.75) is 500 Å². The summed E-state index contributed by atoms with van der Waals surface area (Å²) in [6.45, 7) is 108. The lowest BCUT2D eigenvalue weighted by atomic mass is 9.93. The molecular formula is C117H240N18O7. The van der Waals surface area contributed by atoms with Crippen molar-refractivity contribution in [3.05, 3.63) is 0 Å². The van der Waals surface area contributed by atoms with Crippen LogP contribution in [0.4, 0.5) is 0 Å². The Morgan fingerprint density at radius 1 is 0.303 bits per heavy atom. The number of ketones is 1. The average Bonchev–Trinajstić information content (AvgIpc) is 0.987. The van der Waals surface area contributed by atoms with E-state index in [-0.39, 0.29) is 18.1 Å². The summed E-state index contributed by atoms with van der Waals surface area (Å²) in [5.74, 6) is 0.266. The maximum atomic E-state index is 11.8. The molecule has 840 valence electrons. The molecule has 16 aliphatic heterocycles. The molecule has 25 heteroatoms. The summed E-state index contributed by atoms with van der Waals surface area (Å²) >= 11 is 0. The standard InChI is InChI=1S/C13H26N2O.C13H26N2.C12H24N2.C12H26N2.C11H22N2O2.C11H22N2.C9H19NO.C8H17NO.C8H15NO.C7H15NO.C7H15N.C6H13N/c1-11(2)14-7-3-12(4-8-14)15-9-5-13(16)6-10-15;1-12(2)14-10-6-13(7-11-14)15-8-4-3-5-9-15;1-11(2)13-9-5-12(6-10-13)14-7-3-4-8-14;1-5-13(6-2)12-7-9-14(10-8-12)11(3)4;1-9(2)12-5-7-13(8-6-12)10(14)11(3,4)15;1-10(2)12-8-4-11(5-9-12)13-6-3-7-13;1-8(2)10-6-4-9(3,11)5-7-10;2*1-7(2)9-5-3-8(10)4-6-9;1-7(2)8-3-5-9-6-4-8;1-7(2)8-5-3-4-6-8;1-6(2)7-4-3-5-7/h11-13,16H,3-10H2,1-2H3;12-13H,3-11H2,1-2H3;11-12H,3-10H2,1-2H3;11-12H,5-10H2,1-4H3;9,15H,5-8H2,1-4H3;10-11H,3-9H2,1-2H3;8,11H,4-7H2,1-3H3;7-8,10H,3-6H2,1-2H3;7H,3-6H2,1-2H3;7H,3-6H2,1-2H3;7H,3-6H2,1-2H3;6H,3-5H2,1-2H3. The third-order valence-corrected chi connectivity index (χ3v) is 34.5. The lowest BCUT2D eigenvalue weighted by molar-refractivity contribution is -0.149. The minimum atomic E-state index is -1.24. The van der Waals surface area contributed by atoms with Crippen LogP contribution in [0.3, 0.4) is 0 Å². The molecule has 16 saturated heterocycles. The lowest BCUT2D eigenvalue weighted by Crippen LogP contribution is -2.55. The van der Waals surface area contributed by atoms with Crippen molar-refractivity contribution in [2.75, 3.05) is 249 Å². The first kappa shape index (κ1) is 131. The molecule has 4 N–H and O–H groups in total. The number of hydrogen-bond acceptors (Lipinski definition) is 24. The molecule has 0 unspecified atom stereocenters. The minimum absolute atomic E-state index is 0.0324. The van der Waals surface area contributed by atoms with E-state index in [2.05, 4.69) is 263 Å². The number of carbonyl (C=O) groups is 2. The molecule has 0 aromatic rings. The summed E-state index contributed by atoms with van der Waals surface area (Å²) in [4.78, 5) is 67.6. The number of Topliss-reactive ketones (excluding diaryl/α,β-unsaturated/α-hetero) is 1. The van der Waals surface area contributed by atoms with Gasteiger partial charge in [0.1, 0.15) is 11.4 Å². The molecule has 0 aliphatic carbocycles. The molecule has 0 spiro atoms. The molecule has 1 amide bonds. The maximum Gasteiger partial charge on any atom is 0.254 e. The number of rotatable bonds is 20. The van der Waals surface area contributed by atoms with Crippen LogP contribution in [0.5, 0.6) is 0 Å². The van der Waals surface area contributed by atoms with Gasteiger partial charge in [-0.1, -0.05) is 20.3 Å². The van der Waals surface area contributed by atoms with E-state index in [9.17, 15) is 30.0 Å². The van der Waals surface area contributed by atoms with Gasteiger partial charge in [-0.15, -0.1) is 0 Å². The summed E-state index contributed by atoms with van der Waals surface area (Å²) in [7, 11) is 0. The predicted octanol–water partition coefficient (Wildman–Crippen LogP) is 16.2. The average molecular weight is 2010 g/mol. The molecule has 25 nitrogen and oxygen atoms in total. The summed E-state index contributed by atoms with van der Waals surface area (Å²) in [5, 5.41) is 37.9. The van der Waals surface area contributed by atoms with E-state index in [4.69, 9.17) is 4.74 Å². The molecular weight excluding hydrogens is 1770 g/mol. The van der Waals surface area contributed by atoms with E-state index >= 15 is 0 Å². The number of amides is 1. The summed E-state index contributed by atoms with van der Waals surface area (Å²) in [6.07, 6.45) is 33.8. The van der Waals surface area contributed by atoms with Gasteiger partial charge in [0.2, 0.25) is 0 Å². The molecule has 0 bridgehead atoms. The first-order chi connectivity index (χ1) is 67.3. The molecule has 0 radical (unpaired) electrons. The second-order valence-corrected chi connectivity index (χ2v) is 49.2. The van der Waals surface area contributed by atoms with E-state index in [0.29, 0.717) is 42.0 Å². The first-order valence-corrected chi connectivity index (χ1v) is 60.1. The molecule has 0 saturated carbocycles. The second kappa shape index (κ2) is 71.3. The van der Waals surface area contributed by atoms with Crippen LogP contribution in [0.1, 0.15) is 374 Å². The number of ether oxygens (including phenoxy) is 1. The predicted molar refractivity (Wildman–Crippen MR) is 605 cm³/mol. The second-order valence-electron chi connectivity index (χ2n) is 49.2. The summed E-state index contributed by atoms with van der Waals surface area (Å²) in [5.41, 5.74) is -1.63. The maximum absolute atomic E-state index is 11.8. The topological polar surface area (TPSA) is 183 Å². The van der Waals surface area contributed by atoms with Crippen LogP contribution in [-0.4, -0.2) is 495 Å². The number of likely N-dealkylation sites (tertiary alicyclic amines) is 14. The van der Waals surface area contributed by atoms with Gasteiger partial charge in [0, 0.05) is 207 Å². The van der Waals surface area contributed by atoms with Crippen LogP contribution >= 0.6 is 0 Å². The molecule has 0 atom stereocenters. The van der Waals surface area contributed by atoms with Crippen LogP contribution in [0.2, 0.25) is 0 Å². The Bertz CT molecular complexity index is 3000. The van der Waals surface area contributed by atoms with Crippen molar-refractivity contribution in [3.63, 3.8) is 0 Å². The largest absolute Gasteiger partial charge is 0.393 e. The van der Waals surface area contributed by atoms with E-state index in [1.165, 1.54) is 266 Å². The van der Waals surface area contributed by atoms with Gasteiger partial charge in [-0.3, -0.25) is 19.4 Å². The van der Waals surface area contributed by atoms with Crippen molar-refractivity contribution in [3.8, 4) is 0 Å². The van der Waals surface area contributed by atoms with Crippen LogP contribution in [-0.2, 0) is 14.3 Å². The van der Waals surface area contributed by atoms with Gasteiger partial charge in [-0.2, -0.15) is 0 Å². The smallest absolute Gasteiger partial charge is 0.254 e. The van der Waals surface area contributed by atoms with Crippen LogP contribution < -0.4 is 0 Å². The van der Waals surface area contributed by atoms with E-state index in [1.54, 1.807) is 18.7 Å². The third kappa shape index (κ3) is 51.8. The number of piperidine rings is 10. The zero-order chi connectivity index (χ0) is 105. The zero-order valence-corrected chi connectivity index (χ0v) is 99.0. The Kier molecular flexibility index (Phi) is 65.6. The van der Waals surface area contributed by atoms with Crippen molar-refractivity contribution in [1.82, 2.24) is 88.2 Å². The Balaban J connectivity index is 0.000000275. The molecule has 0 aromatic heterocycles. The number of morpholine rings is 1. The number of piperazine rings is 1. The number of aliphatic hydroxyl groups excluding tert-OH is 2. The molecule has 142 heavy (non-hydrogen) atoms. The minimum Gasteiger partial charge on any atom is -0.393 e. The van der Waals surface area contributed by atoms with Crippen molar-refractivity contribution in [1.29, 1.82) is 0 Å². The van der Waals surface area contributed by atoms with E-state index in [1.807, 2.05) is 6.92 Å². The normalized spacial score (nSPS) is 24.6. The van der Waals surface area contributed by atoms with Crippen LogP contribution in [0, 0.1) is 0 Å². The SMILES string of the molecule is CC(C)N1CCC(=O)CC1.CC(C)N1CCC(C)(O)CC1.CC(C)N1CCC(N2CCC(O)CC2)CC1.CC(C)N1CCC(N2CCC2)CC1.CC(C)N1CCC(N2CCCC2)CC1.CC(C)N1CCC(N2CCCCC2)CC1.CC(C)N1CCC(O)CC1.CC(C)N1CCC1.CC(C)N1CCCC1.CC(C)N1CCN(C(=O)C(C)(C)O)CC1.CC(C)N1CCOCC1.CCN(CC)C1CCN(C(C)C)CC1. The molecule has 16 fully saturated rings. The lowest BCUT2D eigenvalue weighted by Gasteiger charge is -2.43. The van der Waals surface area contributed by atoms with Crippen LogP contribution in [0.25, 0.3) is 0 Å². The first-order valence-electron chi connectivity index (χ1n) is 60.1. The van der Waals surface area contributed by atoms with Gasteiger partial charge >= 0.3 is 0 Å². The van der Waals surface area contributed by atoms with Gasteiger partial charge in [-0.05, 0) is 485 Å². The summed E-state index contributed by atoms with van der Waals surface area (Å²) < 4.78 is 5.21. The fourth-order valence-electron chi connectivity index (χ4n) is 23.2. The quantitative estimate of drug-likeness (QED) is 0.0902.